The number of halogens is 4. The lowest BCUT2D eigenvalue weighted by Crippen LogP contribution is -2.16. The van der Waals surface area contributed by atoms with Crippen LogP contribution in [-0.2, 0) is 38.4 Å². The molecular formula is C76H101F4N11. The minimum atomic E-state index is -2.82. The van der Waals surface area contributed by atoms with Crippen LogP contribution in [0.3, 0.4) is 0 Å². The van der Waals surface area contributed by atoms with E-state index in [9.17, 15) is 17.6 Å². The number of hydrogen-bond acceptors (Lipinski definition) is 5. The van der Waals surface area contributed by atoms with Gasteiger partial charge in [0.1, 0.15) is 28.2 Å². The summed E-state index contributed by atoms with van der Waals surface area (Å²) in [5.41, 5.74) is 18.8. The smallest absolute Gasteiger partial charge is 0.270 e. The highest BCUT2D eigenvalue weighted by Crippen LogP contribution is 2.36. The Morgan fingerprint density at radius 1 is 0.374 bits per heavy atom. The van der Waals surface area contributed by atoms with Crippen LogP contribution in [0.5, 0.6) is 0 Å². The molecule has 0 amide bonds. The van der Waals surface area contributed by atoms with Gasteiger partial charge in [0.2, 0.25) is 0 Å². The highest BCUT2D eigenvalue weighted by atomic mass is 19.3. The van der Waals surface area contributed by atoms with Crippen LogP contribution < -0.4 is 0 Å². The molecule has 12 aromatic rings. The Balaban J connectivity index is 0.000000173. The van der Waals surface area contributed by atoms with Crippen LogP contribution in [0, 0.1) is 34.6 Å². The van der Waals surface area contributed by atoms with Gasteiger partial charge in [0.05, 0.1) is 22.8 Å². The summed E-state index contributed by atoms with van der Waals surface area (Å²) in [5.74, 6) is -2.82. The maximum atomic E-state index is 13.2. The first kappa shape index (κ1) is 72.0. The van der Waals surface area contributed by atoms with E-state index in [1.54, 1.807) is 18.5 Å². The second kappa shape index (κ2) is 27.0. The van der Waals surface area contributed by atoms with Crippen molar-refractivity contribution in [2.45, 2.75) is 218 Å². The van der Waals surface area contributed by atoms with Crippen molar-refractivity contribution in [2.24, 2.45) is 0 Å². The van der Waals surface area contributed by atoms with E-state index in [0.717, 1.165) is 52.1 Å². The molecule has 0 aromatic carbocycles. The third-order valence-electron chi connectivity index (χ3n) is 15.5. The Hall–Kier alpha value is -8.07. The summed E-state index contributed by atoms with van der Waals surface area (Å²) in [5, 5.41) is 0. The number of alkyl halides is 4. The number of nitrogens with zero attached hydrogens (tertiary/aromatic N) is 11. The molecule has 12 heterocycles. The molecule has 0 radical (unpaired) electrons. The molecule has 0 N–H and O–H groups in total. The molecule has 0 aliphatic heterocycles. The molecule has 0 fully saturated rings. The van der Waals surface area contributed by atoms with Crippen molar-refractivity contribution in [1.82, 2.24) is 51.3 Å². The predicted octanol–water partition coefficient (Wildman–Crippen LogP) is 20.6. The second-order valence-corrected chi connectivity index (χ2v) is 30.0. The molecule has 12 rings (SSSR count). The average Bonchev–Trinajstić information content (AvgIpc) is 1.70. The number of aryl methyl sites for hydroxylation is 5. The lowest BCUT2D eigenvalue weighted by molar-refractivity contribution is 0.0174. The Kier molecular flexibility index (Phi) is 21.4. The largest absolute Gasteiger partial charge is 0.320 e. The normalized spacial score (nSPS) is 12.4. The van der Waals surface area contributed by atoms with Crippen LogP contribution in [0.15, 0.2) is 147 Å². The zero-order chi connectivity index (χ0) is 67.0. The molecule has 488 valence electrons. The minimum Gasteiger partial charge on any atom is -0.320 e. The summed E-state index contributed by atoms with van der Waals surface area (Å²) in [6.07, 6.45) is 13.1. The van der Waals surface area contributed by atoms with Gasteiger partial charge in [0.15, 0.2) is 0 Å². The highest BCUT2D eigenvalue weighted by Gasteiger charge is 2.29. The van der Waals surface area contributed by atoms with Crippen LogP contribution >= 0.6 is 0 Å². The maximum absolute atomic E-state index is 13.2. The number of hydrogen-bond donors (Lipinski definition) is 0. The molecule has 91 heavy (non-hydrogen) atoms. The number of rotatable bonds is 2. The summed E-state index contributed by atoms with van der Waals surface area (Å²) in [6, 6.07) is 30.8. The van der Waals surface area contributed by atoms with E-state index in [0.29, 0.717) is 11.3 Å². The molecule has 0 aliphatic carbocycles. The molecule has 0 unspecified atom stereocenters. The van der Waals surface area contributed by atoms with E-state index >= 15 is 0 Å². The van der Waals surface area contributed by atoms with E-state index in [1.807, 2.05) is 96.7 Å². The first-order chi connectivity index (χ1) is 41.5. The van der Waals surface area contributed by atoms with Crippen molar-refractivity contribution in [3.05, 3.63) is 220 Å². The quantitative estimate of drug-likeness (QED) is 0.161. The number of aromatic nitrogens is 11. The van der Waals surface area contributed by atoms with Gasteiger partial charge in [0.25, 0.3) is 12.3 Å². The molecule has 0 aliphatic rings. The van der Waals surface area contributed by atoms with Gasteiger partial charge in [-0.15, -0.1) is 0 Å². The Labute approximate surface area is 538 Å². The maximum Gasteiger partial charge on any atom is 0.270 e. The lowest BCUT2D eigenvalue weighted by atomic mass is 9.89. The first-order valence-electron chi connectivity index (χ1n) is 31.0. The van der Waals surface area contributed by atoms with E-state index in [4.69, 9.17) is 0 Å². The third-order valence-corrected chi connectivity index (χ3v) is 15.5. The average molecular weight is 1240 g/mol. The molecule has 12 aromatic heterocycles. The van der Waals surface area contributed by atoms with Crippen molar-refractivity contribution < 1.29 is 17.6 Å². The molecule has 0 bridgehead atoms. The Bertz CT molecular complexity index is 4400. The van der Waals surface area contributed by atoms with Crippen LogP contribution in [0.25, 0.3) is 33.8 Å². The SMILES string of the molecule is C.CC(C)(C)c1c(C(F)F)cc2ccccn12.CC(C)(C)c1cnc2cc(C(C)(F)F)ccn12.Cc1cccc2ncc(C(C)(C)C)n12.Cc1ccn2c(C(C)(C)C)c(C)nc2c1.Cc1ccn2c(C(C)(C)C)cnc2c1.Cc1nc2ccccn2c1C(C)(C)C. The van der Waals surface area contributed by atoms with Gasteiger partial charge >= 0.3 is 0 Å². The molecule has 0 saturated carbocycles. The molecule has 15 heteroatoms. The molecule has 11 nitrogen and oxygen atoms in total. The van der Waals surface area contributed by atoms with Gasteiger partial charge in [-0.05, 0) is 125 Å². The van der Waals surface area contributed by atoms with E-state index in [1.165, 1.54) is 51.7 Å². The molecular weight excluding hydrogens is 1140 g/mol. The monoisotopic (exact) mass is 1240 g/mol. The van der Waals surface area contributed by atoms with Gasteiger partial charge in [-0.2, -0.15) is 0 Å². The molecule has 0 spiro atoms. The van der Waals surface area contributed by atoms with Crippen molar-refractivity contribution >= 4 is 33.8 Å². The number of fused-ring (bicyclic) bond motifs is 6. The lowest BCUT2D eigenvalue weighted by Gasteiger charge is -2.21. The first-order valence-corrected chi connectivity index (χ1v) is 31.0. The van der Waals surface area contributed by atoms with Gasteiger partial charge in [-0.1, -0.05) is 150 Å². The van der Waals surface area contributed by atoms with Gasteiger partial charge in [-0.3, -0.25) is 0 Å². The zero-order valence-corrected chi connectivity index (χ0v) is 57.9. The zero-order valence-electron chi connectivity index (χ0n) is 57.9. The van der Waals surface area contributed by atoms with E-state index in [2.05, 4.69) is 230 Å². The predicted molar refractivity (Wildman–Crippen MR) is 370 cm³/mol. The van der Waals surface area contributed by atoms with Gasteiger partial charge in [0, 0.05) is 134 Å². The second-order valence-electron chi connectivity index (χ2n) is 30.0. The third kappa shape index (κ3) is 16.9. The number of imidazole rings is 5. The summed E-state index contributed by atoms with van der Waals surface area (Å²) in [4.78, 5) is 22.2. The van der Waals surface area contributed by atoms with Crippen molar-refractivity contribution in [3.8, 4) is 0 Å². The fourth-order valence-corrected chi connectivity index (χ4v) is 11.5. The van der Waals surface area contributed by atoms with Gasteiger partial charge < -0.3 is 26.4 Å². The van der Waals surface area contributed by atoms with Gasteiger partial charge in [-0.25, -0.2) is 42.5 Å². The summed E-state index contributed by atoms with van der Waals surface area (Å²) in [7, 11) is 0. The van der Waals surface area contributed by atoms with Crippen LogP contribution in [0.1, 0.15) is 219 Å². The summed E-state index contributed by atoms with van der Waals surface area (Å²) in [6.45, 7) is 50.0. The standard InChI is InChI=1S/C13H16F2N2.C13H15F2N.C13H18N2.3C12H16N2.CH4/c1-12(2,3)10-8-16-11-7-9(13(4,14)15)5-6-17(10)11;1-13(2,3)11-10(12(14)15)8-9-6-4-5-7-16(9)11;1-9-6-7-15-11(8-9)14-10(2)12(15)13(3,4)5;1-9-5-6-14-10(12(2,3)4)8-13-11(14)7-9;1-9-6-5-7-11-13-8-10(14(9)11)12(2,3)4;1-9-11(12(2,3)4)14-8-6-5-7-10(14)13-9;/h5-8H,1-4H3;4-8,12H,1-3H3;6-8H,1-5H3;3*5-8H,1-4H3;1H4. The van der Waals surface area contributed by atoms with Crippen molar-refractivity contribution in [2.75, 3.05) is 0 Å². The number of pyridine rings is 6. The summed E-state index contributed by atoms with van der Waals surface area (Å²) < 4.78 is 64.8. The topological polar surface area (TPSA) is 90.9 Å². The fraction of sp³-hybridized carbons (Fsp3) is 0.434. The fourth-order valence-electron chi connectivity index (χ4n) is 11.5. The van der Waals surface area contributed by atoms with E-state index in [-0.39, 0.29) is 51.0 Å². The highest BCUT2D eigenvalue weighted by molar-refractivity contribution is 5.56. The molecule has 0 saturated heterocycles. The van der Waals surface area contributed by atoms with Crippen LogP contribution in [-0.4, -0.2) is 51.3 Å². The molecule has 0 atom stereocenters. The van der Waals surface area contributed by atoms with Crippen LogP contribution in [0.2, 0.25) is 0 Å². The van der Waals surface area contributed by atoms with Crippen LogP contribution in [0.4, 0.5) is 17.6 Å². The Morgan fingerprint density at radius 2 is 0.791 bits per heavy atom. The minimum absolute atomic E-state index is 0. The van der Waals surface area contributed by atoms with Crippen molar-refractivity contribution in [1.29, 1.82) is 0 Å². The summed E-state index contributed by atoms with van der Waals surface area (Å²) >= 11 is 0. The Morgan fingerprint density at radius 3 is 1.29 bits per heavy atom. The van der Waals surface area contributed by atoms with Crippen molar-refractivity contribution in [3.63, 3.8) is 0 Å². The van der Waals surface area contributed by atoms with E-state index < -0.39 is 12.3 Å².